The van der Waals surface area contributed by atoms with E-state index in [2.05, 4.69) is 5.10 Å². The summed E-state index contributed by atoms with van der Waals surface area (Å²) in [6.07, 6.45) is 0.639. The quantitative estimate of drug-likeness (QED) is 0.756. The number of aromatic nitrogens is 2. The van der Waals surface area contributed by atoms with E-state index >= 15 is 0 Å². The van der Waals surface area contributed by atoms with Crippen molar-refractivity contribution in [2.45, 2.75) is 44.6 Å². The minimum Gasteiger partial charge on any atom is -0.262 e. The molecule has 0 saturated heterocycles. The molecular weight excluding hydrogens is 253 g/mol. The largest absolute Gasteiger partial charge is 0.262 e. The van der Waals surface area contributed by atoms with Crippen LogP contribution in [0.15, 0.2) is 18.2 Å². The van der Waals surface area contributed by atoms with E-state index in [1.54, 1.807) is 10.7 Å². The third kappa shape index (κ3) is 2.22. The van der Waals surface area contributed by atoms with Crippen LogP contribution in [-0.2, 0) is 0 Å². The van der Waals surface area contributed by atoms with Crippen molar-refractivity contribution >= 4 is 10.9 Å². The summed E-state index contributed by atoms with van der Waals surface area (Å²) in [5.41, 5.74) is 1.57. The Morgan fingerprint density at radius 2 is 1.95 bits per heavy atom. The molecule has 2 nitrogen and oxygen atoms in total. The molecule has 19 heavy (non-hydrogen) atoms. The van der Waals surface area contributed by atoms with Crippen LogP contribution in [0.4, 0.5) is 13.2 Å². The zero-order chi connectivity index (χ0) is 13.6. The first kappa shape index (κ1) is 12.5. The predicted molar refractivity (Wildman–Crippen MR) is 66.9 cm³/mol. The smallest absolute Gasteiger partial charge is 0.248 e. The molecule has 1 saturated carbocycles. The zero-order valence-corrected chi connectivity index (χ0v) is 10.7. The van der Waals surface area contributed by atoms with Gasteiger partial charge < -0.3 is 0 Å². The van der Waals surface area contributed by atoms with Crippen molar-refractivity contribution in [3.8, 4) is 0 Å². The van der Waals surface area contributed by atoms with Gasteiger partial charge in [0.25, 0.3) is 0 Å². The summed E-state index contributed by atoms with van der Waals surface area (Å²) in [5, 5.41) is 5.17. The van der Waals surface area contributed by atoms with Crippen molar-refractivity contribution < 1.29 is 13.2 Å². The average molecular weight is 268 g/mol. The molecule has 102 valence electrons. The van der Waals surface area contributed by atoms with E-state index in [4.69, 9.17) is 0 Å². The van der Waals surface area contributed by atoms with Crippen LogP contribution in [-0.4, -0.2) is 15.7 Å². The molecule has 3 rings (SSSR count). The standard InChI is InChI=1S/C14H15F3N2/c1-9-12-8-10(15)2-3-13(12)19(18-9)11-4-6-14(16,17)7-5-11/h2-3,8,11H,4-7H2,1H3. The van der Waals surface area contributed by atoms with Gasteiger partial charge in [0.15, 0.2) is 0 Å². The van der Waals surface area contributed by atoms with Gasteiger partial charge >= 0.3 is 0 Å². The second kappa shape index (κ2) is 4.25. The van der Waals surface area contributed by atoms with E-state index in [0.29, 0.717) is 12.8 Å². The Labute approximate surface area is 109 Å². The van der Waals surface area contributed by atoms with Gasteiger partial charge in [-0.05, 0) is 38.0 Å². The second-order valence-corrected chi connectivity index (χ2v) is 5.28. The van der Waals surface area contributed by atoms with Crippen molar-refractivity contribution in [1.82, 2.24) is 9.78 Å². The maximum absolute atomic E-state index is 13.2. The molecule has 0 spiro atoms. The number of nitrogens with zero attached hydrogens (tertiary/aromatic N) is 2. The first-order chi connectivity index (χ1) is 8.96. The molecule has 0 aliphatic heterocycles. The molecule has 1 aromatic heterocycles. The highest BCUT2D eigenvalue weighted by atomic mass is 19.3. The first-order valence-corrected chi connectivity index (χ1v) is 6.48. The monoisotopic (exact) mass is 268 g/mol. The summed E-state index contributed by atoms with van der Waals surface area (Å²) >= 11 is 0. The maximum atomic E-state index is 13.2. The van der Waals surface area contributed by atoms with E-state index in [1.807, 2.05) is 6.92 Å². The zero-order valence-electron chi connectivity index (χ0n) is 10.7. The van der Waals surface area contributed by atoms with E-state index in [1.165, 1.54) is 12.1 Å². The molecule has 0 radical (unpaired) electrons. The van der Waals surface area contributed by atoms with E-state index in [9.17, 15) is 13.2 Å². The third-order valence-electron chi connectivity index (χ3n) is 3.89. The number of hydrogen-bond acceptors (Lipinski definition) is 1. The summed E-state index contributed by atoms with van der Waals surface area (Å²) in [6, 6.07) is 4.50. The molecule has 0 bridgehead atoms. The van der Waals surface area contributed by atoms with Gasteiger partial charge in [-0.3, -0.25) is 4.68 Å². The number of hydrogen-bond donors (Lipinski definition) is 0. The molecule has 0 amide bonds. The summed E-state index contributed by atoms with van der Waals surface area (Å²) in [6.45, 7) is 1.82. The number of alkyl halides is 2. The first-order valence-electron chi connectivity index (χ1n) is 6.48. The molecule has 1 aliphatic rings. The summed E-state index contributed by atoms with van der Waals surface area (Å²) < 4.78 is 41.4. The van der Waals surface area contributed by atoms with Gasteiger partial charge in [-0.15, -0.1) is 0 Å². The molecule has 2 aromatic rings. The normalized spacial score (nSPS) is 20.0. The van der Waals surface area contributed by atoms with Crippen LogP contribution in [0.2, 0.25) is 0 Å². The molecule has 0 unspecified atom stereocenters. The maximum Gasteiger partial charge on any atom is 0.248 e. The molecule has 1 aromatic carbocycles. The van der Waals surface area contributed by atoms with Gasteiger partial charge in [0.1, 0.15) is 5.82 Å². The van der Waals surface area contributed by atoms with Crippen LogP contribution in [0.25, 0.3) is 10.9 Å². The van der Waals surface area contributed by atoms with Crippen LogP contribution >= 0.6 is 0 Å². The van der Waals surface area contributed by atoms with Gasteiger partial charge in [0.2, 0.25) is 5.92 Å². The number of rotatable bonds is 1. The molecule has 5 heteroatoms. The fraction of sp³-hybridized carbons (Fsp3) is 0.500. The molecule has 0 N–H and O–H groups in total. The lowest BCUT2D eigenvalue weighted by atomic mass is 9.92. The fourth-order valence-corrected chi connectivity index (χ4v) is 2.81. The second-order valence-electron chi connectivity index (χ2n) is 5.28. The topological polar surface area (TPSA) is 17.8 Å². The van der Waals surface area contributed by atoms with Crippen LogP contribution in [0.1, 0.15) is 37.4 Å². The average Bonchev–Trinajstić information content (AvgIpc) is 2.67. The molecule has 1 heterocycles. The van der Waals surface area contributed by atoms with Gasteiger partial charge in [0.05, 0.1) is 17.3 Å². The number of aryl methyl sites for hydroxylation is 1. The van der Waals surface area contributed by atoms with Gasteiger partial charge in [0, 0.05) is 18.2 Å². The van der Waals surface area contributed by atoms with Crippen LogP contribution < -0.4 is 0 Å². The van der Waals surface area contributed by atoms with Gasteiger partial charge in [-0.2, -0.15) is 5.10 Å². The highest BCUT2D eigenvalue weighted by Gasteiger charge is 2.36. The van der Waals surface area contributed by atoms with Crippen molar-refractivity contribution in [1.29, 1.82) is 0 Å². The van der Waals surface area contributed by atoms with Gasteiger partial charge in [-0.25, -0.2) is 13.2 Å². The summed E-state index contributed by atoms with van der Waals surface area (Å²) in [7, 11) is 0. The SMILES string of the molecule is Cc1nn(C2CCC(F)(F)CC2)c2ccc(F)cc12. The van der Waals surface area contributed by atoms with Crippen molar-refractivity contribution in [3.63, 3.8) is 0 Å². The summed E-state index contributed by atoms with van der Waals surface area (Å²) in [4.78, 5) is 0. The van der Waals surface area contributed by atoms with Crippen molar-refractivity contribution in [2.24, 2.45) is 0 Å². The Bertz CT molecular complexity index is 608. The van der Waals surface area contributed by atoms with Crippen molar-refractivity contribution in [3.05, 3.63) is 29.7 Å². The molecular formula is C14H15F3N2. The number of fused-ring (bicyclic) bond motifs is 1. The lowest BCUT2D eigenvalue weighted by Gasteiger charge is -2.28. The predicted octanol–water partition coefficient (Wildman–Crippen LogP) is 4.23. The molecule has 1 fully saturated rings. The molecule has 1 aliphatic carbocycles. The number of benzene rings is 1. The Kier molecular flexibility index (Phi) is 2.80. The van der Waals surface area contributed by atoms with Crippen LogP contribution in [0.5, 0.6) is 0 Å². The highest BCUT2D eigenvalue weighted by molar-refractivity contribution is 5.81. The third-order valence-corrected chi connectivity index (χ3v) is 3.89. The highest BCUT2D eigenvalue weighted by Crippen LogP contribution is 2.39. The lowest BCUT2D eigenvalue weighted by Crippen LogP contribution is -2.26. The minimum atomic E-state index is -2.54. The number of halogens is 3. The Balaban J connectivity index is 1.98. The Morgan fingerprint density at radius 3 is 2.63 bits per heavy atom. The van der Waals surface area contributed by atoms with E-state index in [0.717, 1.165) is 16.6 Å². The molecule has 0 atom stereocenters. The Hall–Kier alpha value is -1.52. The Morgan fingerprint density at radius 1 is 1.26 bits per heavy atom. The minimum absolute atomic E-state index is 0.0127. The summed E-state index contributed by atoms with van der Waals surface area (Å²) in [5.74, 6) is -2.84. The fourth-order valence-electron chi connectivity index (χ4n) is 2.81. The van der Waals surface area contributed by atoms with Crippen LogP contribution in [0.3, 0.4) is 0 Å². The van der Waals surface area contributed by atoms with Gasteiger partial charge in [-0.1, -0.05) is 0 Å². The van der Waals surface area contributed by atoms with E-state index < -0.39 is 5.92 Å². The van der Waals surface area contributed by atoms with E-state index in [-0.39, 0.29) is 24.7 Å². The van der Waals surface area contributed by atoms with Crippen molar-refractivity contribution in [2.75, 3.05) is 0 Å². The lowest BCUT2D eigenvalue weighted by molar-refractivity contribution is -0.0446. The van der Waals surface area contributed by atoms with Crippen LogP contribution in [0, 0.1) is 12.7 Å².